The molecule has 10 heteroatoms. The number of carbonyl (C=O) groups is 2. The largest absolute Gasteiger partial charge is 0.497 e. The molecule has 1 atom stereocenters. The highest BCUT2D eigenvalue weighted by Gasteiger charge is 2.35. The summed E-state index contributed by atoms with van der Waals surface area (Å²) in [5.74, 6) is -0.390. The van der Waals surface area contributed by atoms with Gasteiger partial charge in [-0.1, -0.05) is 77.8 Å². The average Bonchev–Trinajstić information content (AvgIpc) is 3.02. The average molecular weight is 648 g/mol. The number of anilines is 1. The Morgan fingerprint density at radius 2 is 1.49 bits per heavy atom. The number of rotatable bonds is 13. The molecule has 0 saturated heterocycles. The van der Waals surface area contributed by atoms with Crippen molar-refractivity contribution in [3.05, 3.63) is 125 Å². The molecule has 0 aromatic heterocycles. The number of sulfonamides is 1. The zero-order chi connectivity index (χ0) is 32.6. The van der Waals surface area contributed by atoms with E-state index in [0.29, 0.717) is 16.3 Å². The van der Waals surface area contributed by atoms with E-state index >= 15 is 0 Å². The maximum Gasteiger partial charge on any atom is 0.264 e. The summed E-state index contributed by atoms with van der Waals surface area (Å²) in [4.78, 5) is 29.7. The van der Waals surface area contributed by atoms with E-state index < -0.39 is 28.5 Å². The molecule has 1 unspecified atom stereocenters. The molecule has 0 bridgehead atoms. The van der Waals surface area contributed by atoms with Crippen molar-refractivity contribution in [1.82, 2.24) is 10.2 Å². The van der Waals surface area contributed by atoms with Crippen molar-refractivity contribution in [3.63, 3.8) is 0 Å². The van der Waals surface area contributed by atoms with Crippen LogP contribution in [0.25, 0.3) is 0 Å². The molecule has 0 heterocycles. The number of nitrogens with one attached hydrogen (secondary N) is 1. The Balaban J connectivity index is 1.81. The van der Waals surface area contributed by atoms with Crippen LogP contribution in [0, 0.1) is 6.92 Å². The fourth-order valence-electron chi connectivity index (χ4n) is 4.86. The van der Waals surface area contributed by atoms with E-state index in [4.69, 9.17) is 16.3 Å². The van der Waals surface area contributed by atoms with Crippen molar-refractivity contribution in [2.75, 3.05) is 18.0 Å². The Morgan fingerprint density at radius 3 is 2.09 bits per heavy atom. The topological polar surface area (TPSA) is 96.0 Å². The Hall–Kier alpha value is -4.34. The third kappa shape index (κ3) is 8.65. The van der Waals surface area contributed by atoms with Gasteiger partial charge in [-0.25, -0.2) is 8.42 Å². The Bertz CT molecular complexity index is 1700. The highest BCUT2D eigenvalue weighted by molar-refractivity contribution is 7.92. The van der Waals surface area contributed by atoms with Gasteiger partial charge >= 0.3 is 0 Å². The first-order valence-corrected chi connectivity index (χ1v) is 16.4. The Morgan fingerprint density at radius 1 is 0.867 bits per heavy atom. The van der Waals surface area contributed by atoms with Gasteiger partial charge in [0.15, 0.2) is 0 Å². The van der Waals surface area contributed by atoms with E-state index in [-0.39, 0.29) is 35.5 Å². The van der Waals surface area contributed by atoms with Crippen LogP contribution in [0.1, 0.15) is 30.5 Å². The van der Waals surface area contributed by atoms with E-state index in [9.17, 15) is 18.0 Å². The third-order valence-corrected chi connectivity index (χ3v) is 9.41. The van der Waals surface area contributed by atoms with Crippen LogP contribution in [-0.4, -0.2) is 50.9 Å². The lowest BCUT2D eigenvalue weighted by Crippen LogP contribution is -2.54. The standard InChI is InChI=1S/C35H38ClN3O5S/c1-25(2)37-35(41)33(22-27-10-6-5-7-11-27)38(23-28-12-8-9-13-32(28)36)34(40)24-39(29-16-18-30(44-4)19-17-29)45(42,43)31-20-14-26(3)15-21-31/h5-21,25,33H,22-24H2,1-4H3,(H,37,41). The summed E-state index contributed by atoms with van der Waals surface area (Å²) in [5.41, 5.74) is 2.64. The summed E-state index contributed by atoms with van der Waals surface area (Å²) < 4.78 is 34.6. The molecule has 1 N–H and O–H groups in total. The first kappa shape index (κ1) is 33.6. The number of ether oxygens (including phenoxy) is 1. The van der Waals surface area contributed by atoms with Crippen LogP contribution in [0.5, 0.6) is 5.75 Å². The summed E-state index contributed by atoms with van der Waals surface area (Å²) >= 11 is 6.54. The smallest absolute Gasteiger partial charge is 0.264 e. The molecule has 45 heavy (non-hydrogen) atoms. The second-order valence-electron chi connectivity index (χ2n) is 11.0. The normalized spacial score (nSPS) is 12.0. The molecular formula is C35H38ClN3O5S. The van der Waals surface area contributed by atoms with E-state index in [1.807, 2.05) is 51.1 Å². The van der Waals surface area contributed by atoms with Crippen molar-refractivity contribution < 1.29 is 22.7 Å². The monoisotopic (exact) mass is 647 g/mol. The van der Waals surface area contributed by atoms with E-state index in [1.165, 1.54) is 24.1 Å². The van der Waals surface area contributed by atoms with Crippen LogP contribution in [0.3, 0.4) is 0 Å². The SMILES string of the molecule is COc1ccc(N(CC(=O)N(Cc2ccccc2Cl)C(Cc2ccccc2)C(=O)NC(C)C)S(=O)(=O)c2ccc(C)cc2)cc1. The van der Waals surface area contributed by atoms with Crippen LogP contribution < -0.4 is 14.4 Å². The van der Waals surface area contributed by atoms with Crippen LogP contribution in [0.2, 0.25) is 5.02 Å². The van der Waals surface area contributed by atoms with Gasteiger partial charge in [-0.05, 0) is 74.4 Å². The van der Waals surface area contributed by atoms with Crippen LogP contribution in [0.4, 0.5) is 5.69 Å². The molecule has 0 aliphatic rings. The number of methoxy groups -OCH3 is 1. The van der Waals surface area contributed by atoms with Gasteiger partial charge in [-0.15, -0.1) is 0 Å². The zero-order valence-corrected chi connectivity index (χ0v) is 27.4. The second-order valence-corrected chi connectivity index (χ2v) is 13.3. The van der Waals surface area contributed by atoms with E-state index in [2.05, 4.69) is 5.32 Å². The van der Waals surface area contributed by atoms with E-state index in [1.54, 1.807) is 60.7 Å². The number of nitrogens with zero attached hydrogens (tertiary/aromatic N) is 2. The van der Waals surface area contributed by atoms with Gasteiger partial charge in [-0.3, -0.25) is 13.9 Å². The summed E-state index contributed by atoms with van der Waals surface area (Å²) in [6.45, 7) is 4.98. The summed E-state index contributed by atoms with van der Waals surface area (Å²) in [6.07, 6.45) is 0.211. The summed E-state index contributed by atoms with van der Waals surface area (Å²) in [6, 6.07) is 28.2. The van der Waals surface area contributed by atoms with Gasteiger partial charge in [0.05, 0.1) is 17.7 Å². The Kier molecular flexibility index (Phi) is 11.3. The molecule has 0 radical (unpaired) electrons. The molecule has 0 fully saturated rings. The minimum Gasteiger partial charge on any atom is -0.497 e. The summed E-state index contributed by atoms with van der Waals surface area (Å²) in [7, 11) is -2.69. The Labute approximate surface area is 270 Å². The van der Waals surface area contributed by atoms with Gasteiger partial charge in [0, 0.05) is 24.0 Å². The predicted molar refractivity (Wildman–Crippen MR) is 178 cm³/mol. The van der Waals surface area contributed by atoms with Crippen molar-refractivity contribution in [2.45, 2.75) is 50.7 Å². The van der Waals surface area contributed by atoms with Crippen LogP contribution >= 0.6 is 11.6 Å². The number of halogens is 1. The maximum absolute atomic E-state index is 14.5. The van der Waals surface area contributed by atoms with Crippen molar-refractivity contribution in [3.8, 4) is 5.75 Å². The minimum absolute atomic E-state index is 0.0114. The minimum atomic E-state index is -4.21. The predicted octanol–water partition coefficient (Wildman–Crippen LogP) is 6.02. The molecule has 4 aromatic rings. The lowest BCUT2D eigenvalue weighted by molar-refractivity contribution is -0.140. The number of aryl methyl sites for hydroxylation is 1. The van der Waals surface area contributed by atoms with Crippen molar-refractivity contribution >= 4 is 39.1 Å². The van der Waals surface area contributed by atoms with Gasteiger partial charge < -0.3 is 15.0 Å². The molecule has 0 aliphatic heterocycles. The molecule has 0 saturated carbocycles. The second kappa shape index (κ2) is 15.1. The molecule has 0 aliphatic carbocycles. The number of hydrogen-bond acceptors (Lipinski definition) is 5. The van der Waals surface area contributed by atoms with Crippen LogP contribution in [0.15, 0.2) is 108 Å². The number of amides is 2. The molecule has 236 valence electrons. The molecule has 2 amide bonds. The maximum atomic E-state index is 14.5. The van der Waals surface area contributed by atoms with Gasteiger partial charge in [0.2, 0.25) is 11.8 Å². The zero-order valence-electron chi connectivity index (χ0n) is 25.8. The quantitative estimate of drug-likeness (QED) is 0.192. The molecule has 4 aromatic carbocycles. The van der Waals surface area contributed by atoms with E-state index in [0.717, 1.165) is 15.4 Å². The molecule has 8 nitrogen and oxygen atoms in total. The van der Waals surface area contributed by atoms with Crippen LogP contribution in [-0.2, 0) is 32.6 Å². The highest BCUT2D eigenvalue weighted by Crippen LogP contribution is 2.28. The molecule has 0 spiro atoms. The lowest BCUT2D eigenvalue weighted by atomic mass is 10.0. The highest BCUT2D eigenvalue weighted by atomic mass is 35.5. The van der Waals surface area contributed by atoms with Gasteiger partial charge in [0.25, 0.3) is 10.0 Å². The summed E-state index contributed by atoms with van der Waals surface area (Å²) in [5, 5.41) is 3.37. The van der Waals surface area contributed by atoms with Crippen molar-refractivity contribution in [1.29, 1.82) is 0 Å². The fraction of sp³-hybridized carbons (Fsp3) is 0.257. The van der Waals surface area contributed by atoms with Gasteiger partial charge in [0.1, 0.15) is 18.3 Å². The lowest BCUT2D eigenvalue weighted by Gasteiger charge is -2.34. The fourth-order valence-corrected chi connectivity index (χ4v) is 6.47. The van der Waals surface area contributed by atoms with Gasteiger partial charge in [-0.2, -0.15) is 0 Å². The third-order valence-electron chi connectivity index (χ3n) is 7.25. The number of carbonyl (C=O) groups excluding carboxylic acids is 2. The first-order chi connectivity index (χ1) is 21.5. The molecular weight excluding hydrogens is 610 g/mol. The van der Waals surface area contributed by atoms with Crippen molar-refractivity contribution in [2.24, 2.45) is 0 Å². The number of benzene rings is 4. The molecule has 4 rings (SSSR count). The first-order valence-electron chi connectivity index (χ1n) is 14.6. The number of hydrogen-bond donors (Lipinski definition) is 1.